The highest BCUT2D eigenvalue weighted by atomic mass is 28.4. The van der Waals surface area contributed by atoms with E-state index in [-0.39, 0.29) is 17.7 Å². The van der Waals surface area contributed by atoms with E-state index in [0.29, 0.717) is 5.92 Å². The zero-order chi connectivity index (χ0) is 28.0. The Hall–Kier alpha value is -2.15. The Morgan fingerprint density at radius 3 is 1.92 bits per heavy atom. The van der Waals surface area contributed by atoms with Crippen LogP contribution in [0.25, 0.3) is 0 Å². The maximum Gasteiger partial charge on any atom is 0.407 e. The summed E-state index contributed by atoms with van der Waals surface area (Å²) in [5.74, 6) is 0.471. The number of rotatable bonds is 9. The summed E-state index contributed by atoms with van der Waals surface area (Å²) < 4.78 is 26.9. The van der Waals surface area contributed by atoms with Crippen molar-refractivity contribution < 1.29 is 20.1 Å². The summed E-state index contributed by atoms with van der Waals surface area (Å²) >= 11 is 0. The van der Waals surface area contributed by atoms with Gasteiger partial charge in [0.1, 0.15) is 5.60 Å². The normalized spacial score (nSPS) is 21.0. The van der Waals surface area contributed by atoms with Gasteiger partial charge in [-0.3, -0.25) is 0 Å². The first kappa shape index (κ1) is 27.9. The summed E-state index contributed by atoms with van der Waals surface area (Å²) in [6.07, 6.45) is 3.40. The van der Waals surface area contributed by atoms with E-state index in [1.54, 1.807) is 27.7 Å². The van der Waals surface area contributed by atoms with E-state index in [0.717, 1.165) is 32.3 Å². The predicted octanol–water partition coefficient (Wildman–Crippen LogP) is 6.05. The van der Waals surface area contributed by atoms with E-state index in [4.69, 9.17) is 15.3 Å². The van der Waals surface area contributed by atoms with Crippen LogP contribution in [0, 0.1) is 5.92 Å². The van der Waals surface area contributed by atoms with Crippen LogP contribution in [0.15, 0.2) is 60.7 Å². The van der Waals surface area contributed by atoms with E-state index in [1.807, 2.05) is 0 Å². The second kappa shape index (κ2) is 12.6. The smallest absolute Gasteiger partial charge is 0.407 e. The molecule has 2 aromatic rings. The van der Waals surface area contributed by atoms with Crippen molar-refractivity contribution in [1.82, 2.24) is 5.32 Å². The molecule has 0 saturated heterocycles. The fourth-order valence-electron chi connectivity index (χ4n) is 5.23. The standard InChI is InChI=1S/C31H47NO4Si/c1-24(32-29(33)36-30(2,3)4)22-34-26-20-18-25(19-21-26)23-35-37(31(5,6)7,27-14-10-8-11-15-27)28-16-12-9-13-17-28/h8-17,24-26H,18-23H2,1-7H3,(H,32,33)/t24-,25?,26?/m1/s1/i24D. The molecule has 1 aliphatic carbocycles. The Morgan fingerprint density at radius 1 is 0.946 bits per heavy atom. The summed E-state index contributed by atoms with van der Waals surface area (Å²) in [7, 11) is -2.53. The van der Waals surface area contributed by atoms with Crippen molar-refractivity contribution >= 4 is 24.8 Å². The molecule has 0 bridgehead atoms. The van der Waals surface area contributed by atoms with Gasteiger partial charge in [0, 0.05) is 6.61 Å². The van der Waals surface area contributed by atoms with Gasteiger partial charge in [-0.1, -0.05) is 81.4 Å². The van der Waals surface area contributed by atoms with Crippen LogP contribution in [0.3, 0.4) is 0 Å². The number of nitrogens with one attached hydrogen (secondary N) is 1. The molecule has 0 unspecified atom stereocenters. The van der Waals surface area contributed by atoms with Gasteiger partial charge in [0.2, 0.25) is 0 Å². The lowest BCUT2D eigenvalue weighted by molar-refractivity contribution is 0.000317. The fraction of sp³-hybridized carbons (Fsp3) is 0.581. The quantitative estimate of drug-likeness (QED) is 0.404. The molecule has 1 aliphatic rings. The van der Waals surface area contributed by atoms with Crippen molar-refractivity contribution in [2.45, 2.75) is 96.9 Å². The Balaban J connectivity index is 1.60. The van der Waals surface area contributed by atoms with Gasteiger partial charge in [-0.25, -0.2) is 4.79 Å². The largest absolute Gasteiger partial charge is 0.444 e. The zero-order valence-corrected chi connectivity index (χ0v) is 24.8. The first-order valence-electron chi connectivity index (χ1n) is 14.1. The second-order valence-corrected chi connectivity index (χ2v) is 16.6. The third-order valence-electron chi connectivity index (χ3n) is 7.00. The molecule has 0 radical (unpaired) electrons. The molecule has 2 aromatic carbocycles. The molecule has 1 amide bonds. The number of carbonyl (C=O) groups is 1. The van der Waals surface area contributed by atoms with Crippen molar-refractivity contribution in [2.24, 2.45) is 5.92 Å². The van der Waals surface area contributed by atoms with Crippen molar-refractivity contribution in [1.29, 1.82) is 0 Å². The highest BCUT2D eigenvalue weighted by molar-refractivity contribution is 6.99. The lowest BCUT2D eigenvalue weighted by atomic mass is 9.88. The van der Waals surface area contributed by atoms with Crippen molar-refractivity contribution in [3.8, 4) is 0 Å². The van der Waals surface area contributed by atoms with E-state index in [9.17, 15) is 4.79 Å². The molecule has 5 nitrogen and oxygen atoms in total. The third-order valence-corrected chi connectivity index (χ3v) is 12.0. The molecule has 1 fully saturated rings. The summed E-state index contributed by atoms with van der Waals surface area (Å²) in [4.78, 5) is 12.1. The molecule has 0 spiro atoms. The molecule has 1 N–H and O–H groups in total. The van der Waals surface area contributed by atoms with Gasteiger partial charge in [0.15, 0.2) is 0 Å². The molecule has 0 aromatic heterocycles. The van der Waals surface area contributed by atoms with Crippen molar-refractivity contribution in [3.05, 3.63) is 60.7 Å². The van der Waals surface area contributed by atoms with Gasteiger partial charge in [0.25, 0.3) is 8.32 Å². The average Bonchev–Trinajstić information content (AvgIpc) is 2.83. The number of amides is 1. The first-order chi connectivity index (χ1) is 17.7. The van der Waals surface area contributed by atoms with Crippen LogP contribution in [-0.2, 0) is 13.9 Å². The van der Waals surface area contributed by atoms with E-state index in [2.05, 4.69) is 86.8 Å². The first-order valence-corrected chi connectivity index (χ1v) is 15.5. The topological polar surface area (TPSA) is 56.8 Å². The van der Waals surface area contributed by atoms with Crippen LogP contribution >= 0.6 is 0 Å². The van der Waals surface area contributed by atoms with Crippen LogP contribution in [0.2, 0.25) is 5.04 Å². The summed E-state index contributed by atoms with van der Waals surface area (Å²) in [6, 6.07) is 20.3. The van der Waals surface area contributed by atoms with Crippen LogP contribution in [0.4, 0.5) is 4.79 Å². The zero-order valence-electron chi connectivity index (χ0n) is 24.8. The number of hydrogen-bond donors (Lipinski definition) is 1. The Kier molecular flexibility index (Phi) is 9.49. The lowest BCUT2D eigenvalue weighted by Gasteiger charge is -2.44. The van der Waals surface area contributed by atoms with E-state index >= 15 is 0 Å². The van der Waals surface area contributed by atoms with Gasteiger partial charge in [-0.05, 0) is 74.7 Å². The number of ether oxygens (including phenoxy) is 2. The van der Waals surface area contributed by atoms with Gasteiger partial charge in [-0.2, -0.15) is 0 Å². The molecule has 1 atom stereocenters. The van der Waals surface area contributed by atoms with Crippen LogP contribution in [0.5, 0.6) is 0 Å². The highest BCUT2D eigenvalue weighted by Gasteiger charge is 2.50. The van der Waals surface area contributed by atoms with Crippen LogP contribution in [0.1, 0.15) is 75.5 Å². The Labute approximate surface area is 226 Å². The fourth-order valence-corrected chi connectivity index (χ4v) is 9.87. The second-order valence-electron chi connectivity index (χ2n) is 12.3. The summed E-state index contributed by atoms with van der Waals surface area (Å²) in [5.41, 5.74) is -0.601. The van der Waals surface area contributed by atoms with Crippen LogP contribution in [-0.4, -0.2) is 45.3 Å². The maximum atomic E-state index is 12.1. The molecule has 6 heteroatoms. The summed E-state index contributed by atoms with van der Waals surface area (Å²) in [5, 5.41) is 5.19. The minimum absolute atomic E-state index is 0.0320. The molecule has 1 saturated carbocycles. The minimum Gasteiger partial charge on any atom is -0.444 e. The molecular formula is C31H47NO4Si. The highest BCUT2D eigenvalue weighted by Crippen LogP contribution is 2.38. The monoisotopic (exact) mass is 526 g/mol. The van der Waals surface area contributed by atoms with E-state index in [1.165, 1.54) is 10.4 Å². The molecule has 37 heavy (non-hydrogen) atoms. The average molecular weight is 527 g/mol. The Bertz CT molecular complexity index is 970. The van der Waals surface area contributed by atoms with Gasteiger partial charge in [0.05, 0.1) is 20.1 Å². The Morgan fingerprint density at radius 2 is 1.46 bits per heavy atom. The molecule has 0 heterocycles. The summed E-state index contributed by atoms with van der Waals surface area (Å²) in [6.45, 7) is 14.9. The number of carbonyl (C=O) groups excluding carboxylic acids is 1. The minimum atomic E-state index is -2.53. The third kappa shape index (κ3) is 8.16. The molecular weight excluding hydrogens is 478 g/mol. The number of alkyl carbamates (subject to hydrolysis) is 1. The number of benzene rings is 2. The van der Waals surface area contributed by atoms with Gasteiger partial charge >= 0.3 is 6.09 Å². The van der Waals surface area contributed by atoms with Crippen molar-refractivity contribution in [3.63, 3.8) is 0 Å². The van der Waals surface area contributed by atoms with E-state index < -0.39 is 26.0 Å². The van der Waals surface area contributed by atoms with Gasteiger partial charge < -0.3 is 19.2 Å². The molecule has 3 rings (SSSR count). The molecule has 204 valence electrons. The SMILES string of the molecule is [2H][C@@](C)(COC1CCC(CO[Si](c2ccccc2)(c2ccccc2)C(C)(C)C)CC1)NC(=O)OC(C)(C)C. The lowest BCUT2D eigenvalue weighted by Crippen LogP contribution is -2.67. The van der Waals surface area contributed by atoms with Crippen LogP contribution < -0.4 is 15.7 Å². The maximum absolute atomic E-state index is 12.1. The molecule has 0 aliphatic heterocycles. The number of hydrogen-bond acceptors (Lipinski definition) is 4. The van der Waals surface area contributed by atoms with Gasteiger partial charge in [-0.15, -0.1) is 0 Å². The predicted molar refractivity (Wildman–Crippen MR) is 154 cm³/mol. The van der Waals surface area contributed by atoms with Crippen molar-refractivity contribution in [2.75, 3.05) is 13.2 Å².